The summed E-state index contributed by atoms with van der Waals surface area (Å²) in [5.74, 6) is -2.22. The van der Waals surface area contributed by atoms with E-state index in [9.17, 15) is 29.4 Å². The summed E-state index contributed by atoms with van der Waals surface area (Å²) in [7, 11) is 0. The Hall–Kier alpha value is -3.28. The van der Waals surface area contributed by atoms with Crippen molar-refractivity contribution < 1.29 is 46.5 Å². The van der Waals surface area contributed by atoms with Crippen LogP contribution < -0.4 is 0 Å². The molecule has 2 aromatic carbocycles. The topological polar surface area (TPSA) is 109 Å². The molecule has 0 aromatic heterocycles. The molecule has 31 heavy (non-hydrogen) atoms. The molecule has 2 rings (SSSR count). The molecule has 0 saturated carbocycles. The average molecular weight is 472 g/mol. The molecule has 0 aliphatic heterocycles. The van der Waals surface area contributed by atoms with Gasteiger partial charge in [-0.05, 0) is 27.7 Å². The fraction of sp³-hybridized carbons (Fsp3) is 0.167. The molecule has 167 valence electrons. The summed E-state index contributed by atoms with van der Waals surface area (Å²) in [6.07, 6.45) is 0. The van der Waals surface area contributed by atoms with Gasteiger partial charge < -0.3 is 10.2 Å². The molecular formula is C24H24CuO6. The molecule has 2 aromatic rings. The van der Waals surface area contributed by atoms with E-state index in [0.29, 0.717) is 11.1 Å². The maximum atomic E-state index is 11.2. The van der Waals surface area contributed by atoms with Crippen LogP contribution in [0.1, 0.15) is 38.8 Å². The molecule has 0 aliphatic carbocycles. The minimum Gasteiger partial charge on any atom is -0.506 e. The number of allylic oxidation sites excluding steroid dienone is 2. The molecule has 0 atom stereocenters. The van der Waals surface area contributed by atoms with Gasteiger partial charge in [0.1, 0.15) is 22.7 Å². The molecule has 0 bridgehead atoms. The van der Waals surface area contributed by atoms with Crippen LogP contribution in [0.5, 0.6) is 0 Å². The molecule has 0 saturated heterocycles. The van der Waals surface area contributed by atoms with Crippen molar-refractivity contribution in [2.75, 3.05) is 0 Å². The number of benzene rings is 2. The number of aliphatic hydroxyl groups is 2. The summed E-state index contributed by atoms with van der Waals surface area (Å²) in [6.45, 7) is 5.04. The standard InChI is InChI=1S/2C12H12O3.Cu/c2*1-8(13)11(9(2)14)12(15)10-6-4-3-5-7-10;/h2*3-7,15H,1-2H3;. The first-order valence-corrected chi connectivity index (χ1v) is 9.09. The summed E-state index contributed by atoms with van der Waals surface area (Å²) in [5.41, 5.74) is 0.637. The van der Waals surface area contributed by atoms with E-state index in [1.165, 1.54) is 27.7 Å². The number of Topliss-reactive ketones (excluding diaryl/α,β-unsaturated/α-hetero) is 4. The average Bonchev–Trinajstić information content (AvgIpc) is 2.68. The van der Waals surface area contributed by atoms with Gasteiger partial charge in [-0.25, -0.2) is 0 Å². The van der Waals surface area contributed by atoms with Gasteiger partial charge in [0.25, 0.3) is 0 Å². The third-order valence-corrected chi connectivity index (χ3v) is 3.98. The van der Waals surface area contributed by atoms with Gasteiger partial charge in [-0.1, -0.05) is 60.7 Å². The minimum atomic E-state index is -0.427. The zero-order valence-corrected chi connectivity index (χ0v) is 18.5. The van der Waals surface area contributed by atoms with Crippen LogP contribution >= 0.6 is 0 Å². The molecule has 0 spiro atoms. The molecule has 0 fully saturated rings. The Morgan fingerprint density at radius 2 is 0.742 bits per heavy atom. The fourth-order valence-electron chi connectivity index (χ4n) is 2.64. The number of hydrogen-bond donors (Lipinski definition) is 2. The van der Waals surface area contributed by atoms with Crippen LogP contribution in [-0.4, -0.2) is 33.3 Å². The smallest absolute Gasteiger partial charge is 0.167 e. The Morgan fingerprint density at radius 3 is 0.935 bits per heavy atom. The van der Waals surface area contributed by atoms with Crippen molar-refractivity contribution in [1.82, 2.24) is 0 Å². The fourth-order valence-corrected chi connectivity index (χ4v) is 2.64. The predicted molar refractivity (Wildman–Crippen MR) is 115 cm³/mol. The van der Waals surface area contributed by atoms with E-state index in [2.05, 4.69) is 0 Å². The molecule has 0 aliphatic rings. The van der Waals surface area contributed by atoms with Crippen molar-refractivity contribution in [3.05, 3.63) is 82.9 Å². The van der Waals surface area contributed by atoms with Gasteiger partial charge in [-0.3, -0.25) is 19.2 Å². The normalized spacial score (nSPS) is 9.16. The van der Waals surface area contributed by atoms with Crippen molar-refractivity contribution in [2.24, 2.45) is 0 Å². The molecule has 6 nitrogen and oxygen atoms in total. The van der Waals surface area contributed by atoms with E-state index in [1.807, 2.05) is 0 Å². The monoisotopic (exact) mass is 471 g/mol. The molecule has 1 radical (unpaired) electrons. The minimum absolute atomic E-state index is 0. The van der Waals surface area contributed by atoms with E-state index in [0.717, 1.165) is 0 Å². The SMILES string of the molecule is CC(=O)C(C(C)=O)=C(O)c1ccccc1.CC(=O)C(C(C)=O)=C(O)c1ccccc1.[Cu]. The number of rotatable bonds is 6. The van der Waals surface area contributed by atoms with Gasteiger partial charge in [0.15, 0.2) is 23.1 Å². The Bertz CT molecular complexity index is 889. The third kappa shape index (κ3) is 8.16. The van der Waals surface area contributed by atoms with E-state index in [4.69, 9.17) is 0 Å². The van der Waals surface area contributed by atoms with Crippen LogP contribution in [-0.2, 0) is 36.2 Å². The van der Waals surface area contributed by atoms with Gasteiger partial charge in [-0.15, -0.1) is 0 Å². The second-order valence-corrected chi connectivity index (χ2v) is 6.40. The van der Waals surface area contributed by atoms with Crippen molar-refractivity contribution in [1.29, 1.82) is 0 Å². The summed E-state index contributed by atoms with van der Waals surface area (Å²) < 4.78 is 0. The molecule has 2 N–H and O–H groups in total. The third-order valence-electron chi connectivity index (χ3n) is 3.98. The number of carbonyl (C=O) groups excluding carboxylic acids is 4. The van der Waals surface area contributed by atoms with Crippen molar-refractivity contribution >= 4 is 34.7 Å². The molecule has 0 heterocycles. The van der Waals surface area contributed by atoms with Crippen LogP contribution in [0.2, 0.25) is 0 Å². The number of aliphatic hydroxyl groups excluding tert-OH is 2. The van der Waals surface area contributed by atoms with Gasteiger partial charge >= 0.3 is 0 Å². The first-order valence-electron chi connectivity index (χ1n) is 9.09. The van der Waals surface area contributed by atoms with Gasteiger partial charge in [0.2, 0.25) is 0 Å². The Kier molecular flexibility index (Phi) is 11.7. The first-order chi connectivity index (χ1) is 14.1. The van der Waals surface area contributed by atoms with E-state index < -0.39 is 23.1 Å². The molecule has 0 amide bonds. The van der Waals surface area contributed by atoms with Gasteiger partial charge in [0, 0.05) is 28.2 Å². The molecule has 0 unspecified atom stereocenters. The predicted octanol–water partition coefficient (Wildman–Crippen LogP) is 4.26. The quantitative estimate of drug-likeness (QED) is 0.214. The van der Waals surface area contributed by atoms with Crippen molar-refractivity contribution in [3.8, 4) is 0 Å². The van der Waals surface area contributed by atoms with Gasteiger partial charge in [-0.2, -0.15) is 0 Å². The largest absolute Gasteiger partial charge is 0.506 e. The first kappa shape index (κ1) is 27.7. The molecule has 7 heteroatoms. The van der Waals surface area contributed by atoms with E-state index >= 15 is 0 Å². The number of hydrogen-bond acceptors (Lipinski definition) is 6. The maximum Gasteiger partial charge on any atom is 0.167 e. The zero-order valence-electron chi connectivity index (χ0n) is 17.6. The van der Waals surface area contributed by atoms with E-state index in [-0.39, 0.29) is 39.7 Å². The van der Waals surface area contributed by atoms with Crippen LogP contribution in [0.3, 0.4) is 0 Å². The Morgan fingerprint density at radius 1 is 0.516 bits per heavy atom. The van der Waals surface area contributed by atoms with Crippen LogP contribution in [0, 0.1) is 0 Å². The number of ketones is 4. The second kappa shape index (κ2) is 13.1. The molecular weight excluding hydrogens is 448 g/mol. The van der Waals surface area contributed by atoms with E-state index in [1.54, 1.807) is 60.7 Å². The summed E-state index contributed by atoms with van der Waals surface area (Å²) in [4.78, 5) is 44.6. The summed E-state index contributed by atoms with van der Waals surface area (Å²) >= 11 is 0. The van der Waals surface area contributed by atoms with Crippen molar-refractivity contribution in [2.45, 2.75) is 27.7 Å². The summed E-state index contributed by atoms with van der Waals surface area (Å²) in [5, 5.41) is 19.5. The zero-order chi connectivity index (χ0) is 22.8. The number of carbonyl (C=O) groups is 4. The van der Waals surface area contributed by atoms with Crippen molar-refractivity contribution in [3.63, 3.8) is 0 Å². The van der Waals surface area contributed by atoms with Crippen LogP contribution in [0.15, 0.2) is 71.8 Å². The second-order valence-electron chi connectivity index (χ2n) is 6.40. The van der Waals surface area contributed by atoms with Gasteiger partial charge in [0.05, 0.1) is 0 Å². The van der Waals surface area contributed by atoms with Crippen LogP contribution in [0.4, 0.5) is 0 Å². The van der Waals surface area contributed by atoms with Crippen LogP contribution in [0.25, 0.3) is 11.5 Å². The Balaban J connectivity index is 0.000000562. The maximum absolute atomic E-state index is 11.2. The Labute approximate surface area is 191 Å². The summed E-state index contributed by atoms with van der Waals surface area (Å²) in [6, 6.07) is 17.0.